The van der Waals surface area contributed by atoms with E-state index in [4.69, 9.17) is 16.6 Å². The lowest BCUT2D eigenvalue weighted by Gasteiger charge is -2.17. The number of anilines is 1. The number of rotatable bonds is 7. The highest BCUT2D eigenvalue weighted by Gasteiger charge is 2.23. The molecular weight excluding hydrogens is 386 g/mol. The number of pyridine rings is 1. The normalized spacial score (nSPS) is 13.4. The molecule has 0 spiro atoms. The van der Waals surface area contributed by atoms with Gasteiger partial charge in [-0.3, -0.25) is 5.14 Å². The van der Waals surface area contributed by atoms with Crippen molar-refractivity contribution in [2.45, 2.75) is 22.8 Å². The predicted molar refractivity (Wildman–Crippen MR) is 105 cm³/mol. The summed E-state index contributed by atoms with van der Waals surface area (Å²) >= 11 is 0.964. The monoisotopic (exact) mass is 405 g/mol. The molecule has 2 atom stereocenters. The summed E-state index contributed by atoms with van der Waals surface area (Å²) < 4.78 is 15.7. The third kappa shape index (κ3) is 4.14. The van der Waals surface area contributed by atoms with Crippen LogP contribution in [0, 0.1) is 0 Å². The second-order valence-electron chi connectivity index (χ2n) is 5.66. The molecule has 0 aliphatic carbocycles. The molecule has 8 N–H and O–H groups in total. The first-order valence-corrected chi connectivity index (χ1v) is 9.95. The maximum atomic E-state index is 12.8. The van der Waals surface area contributed by atoms with E-state index in [1.165, 1.54) is 0 Å². The van der Waals surface area contributed by atoms with Crippen molar-refractivity contribution in [1.29, 1.82) is 0 Å². The number of nitrogens with two attached hydrogens (primary N) is 3. The number of tetrazole rings is 1. The molecule has 3 aromatic rings. The highest BCUT2D eigenvalue weighted by molar-refractivity contribution is 7.97. The fourth-order valence-electron chi connectivity index (χ4n) is 2.42. The van der Waals surface area contributed by atoms with Gasteiger partial charge in [-0.05, 0) is 47.8 Å². The van der Waals surface area contributed by atoms with Gasteiger partial charge >= 0.3 is 0 Å². The van der Waals surface area contributed by atoms with Crippen molar-refractivity contribution in [3.63, 3.8) is 0 Å². The fourth-order valence-corrected chi connectivity index (χ4v) is 4.34. The van der Waals surface area contributed by atoms with E-state index in [1.54, 1.807) is 18.3 Å². The Morgan fingerprint density at radius 2 is 2.15 bits per heavy atom. The van der Waals surface area contributed by atoms with Crippen LogP contribution in [0.5, 0.6) is 0 Å². The van der Waals surface area contributed by atoms with Crippen molar-refractivity contribution in [2.24, 2.45) is 10.9 Å². The van der Waals surface area contributed by atoms with Gasteiger partial charge in [0.05, 0.1) is 9.79 Å². The number of benzene rings is 1. The molecule has 0 aliphatic rings. The molecule has 0 aliphatic heterocycles. The van der Waals surface area contributed by atoms with Crippen LogP contribution in [0.3, 0.4) is 0 Å². The van der Waals surface area contributed by atoms with Gasteiger partial charge in [0.15, 0.2) is 0 Å². The Hall–Kier alpha value is -2.38. The summed E-state index contributed by atoms with van der Waals surface area (Å²) in [6, 6.07) is 6.96. The van der Waals surface area contributed by atoms with Gasteiger partial charge in [-0.15, -0.1) is 10.2 Å². The molecule has 2 unspecified atom stereocenters. The van der Waals surface area contributed by atoms with Crippen LogP contribution in [-0.2, 0) is 11.0 Å². The minimum absolute atomic E-state index is 0.129. The van der Waals surface area contributed by atoms with Gasteiger partial charge < -0.3 is 11.5 Å². The van der Waals surface area contributed by atoms with Crippen molar-refractivity contribution in [2.75, 3.05) is 12.3 Å². The average molecular weight is 406 g/mol. The Morgan fingerprint density at radius 1 is 1.33 bits per heavy atom. The quantitative estimate of drug-likeness (QED) is 0.349. The zero-order valence-electron chi connectivity index (χ0n) is 14.4. The van der Waals surface area contributed by atoms with E-state index in [9.17, 15) is 4.21 Å². The summed E-state index contributed by atoms with van der Waals surface area (Å²) in [4.78, 5) is 5.21. The molecule has 12 heteroatoms. The standard InChI is InChI=1S/C15H19N9OS2/c1-8(6-16)22-27(25)11-4-3-10(9-2-5-12(17)19-7-9)13(14(11)26-18)15-20-23-24-21-15/h2-5,7-8,22H,6,16,18H2,1H3,(H2,17,19)(H,20,21,23,24). The summed E-state index contributed by atoms with van der Waals surface area (Å²) in [5.74, 6) is 0.742. The van der Waals surface area contributed by atoms with E-state index in [0.29, 0.717) is 33.5 Å². The van der Waals surface area contributed by atoms with Gasteiger partial charge in [0.1, 0.15) is 16.8 Å². The summed E-state index contributed by atoms with van der Waals surface area (Å²) in [6.07, 6.45) is 1.64. The van der Waals surface area contributed by atoms with Crippen molar-refractivity contribution in [3.05, 3.63) is 30.5 Å². The van der Waals surface area contributed by atoms with Crippen LogP contribution in [0.25, 0.3) is 22.5 Å². The Kier molecular flexibility index (Phi) is 6.13. The molecule has 0 fully saturated rings. The van der Waals surface area contributed by atoms with Gasteiger partial charge in [-0.1, -0.05) is 6.07 Å². The topological polar surface area (TPSA) is 175 Å². The Balaban J connectivity index is 2.18. The number of hydrogen-bond donors (Lipinski definition) is 5. The van der Waals surface area contributed by atoms with Crippen molar-refractivity contribution in [1.82, 2.24) is 30.3 Å². The number of nitrogen functional groups attached to an aromatic ring is 1. The molecule has 0 saturated carbocycles. The number of nitrogens with zero attached hydrogens (tertiary/aromatic N) is 4. The largest absolute Gasteiger partial charge is 0.384 e. The van der Waals surface area contributed by atoms with Crippen molar-refractivity contribution >= 4 is 28.8 Å². The summed E-state index contributed by atoms with van der Waals surface area (Å²) in [6.45, 7) is 2.20. The molecule has 2 heterocycles. The highest BCUT2D eigenvalue weighted by Crippen LogP contribution is 2.39. The number of nitrogens with one attached hydrogen (secondary N) is 2. The molecule has 142 valence electrons. The van der Waals surface area contributed by atoms with Crippen LogP contribution in [0.1, 0.15) is 6.92 Å². The molecule has 0 radical (unpaired) electrons. The average Bonchev–Trinajstić information content (AvgIpc) is 3.21. The zero-order valence-corrected chi connectivity index (χ0v) is 16.0. The van der Waals surface area contributed by atoms with Crippen LogP contribution < -0.4 is 21.3 Å². The number of H-pyrrole nitrogens is 1. The second-order valence-corrected chi connectivity index (χ2v) is 7.52. The van der Waals surface area contributed by atoms with E-state index in [0.717, 1.165) is 23.1 Å². The maximum absolute atomic E-state index is 12.8. The van der Waals surface area contributed by atoms with E-state index < -0.39 is 11.0 Å². The van der Waals surface area contributed by atoms with Crippen LogP contribution in [0.2, 0.25) is 0 Å². The summed E-state index contributed by atoms with van der Waals surface area (Å²) in [7, 11) is -1.52. The lowest BCUT2D eigenvalue weighted by Crippen LogP contribution is -2.34. The predicted octanol–water partition coefficient (Wildman–Crippen LogP) is 0.436. The Bertz CT molecular complexity index is 931. The summed E-state index contributed by atoms with van der Waals surface area (Å²) in [5, 5.41) is 20.2. The van der Waals surface area contributed by atoms with Crippen LogP contribution in [0.4, 0.5) is 5.82 Å². The van der Waals surface area contributed by atoms with Gasteiger partial charge in [0, 0.05) is 29.9 Å². The minimum Gasteiger partial charge on any atom is -0.384 e. The van der Waals surface area contributed by atoms with Gasteiger partial charge in [-0.2, -0.15) is 5.21 Å². The van der Waals surface area contributed by atoms with Gasteiger partial charge in [-0.25, -0.2) is 13.9 Å². The number of hydrogen-bond acceptors (Lipinski definition) is 9. The number of aromatic amines is 1. The molecule has 3 rings (SSSR count). The second kappa shape index (κ2) is 8.54. The first kappa shape index (κ1) is 19.4. The van der Waals surface area contributed by atoms with E-state index in [1.807, 2.05) is 19.1 Å². The minimum atomic E-state index is -1.52. The van der Waals surface area contributed by atoms with Crippen LogP contribution in [0.15, 0.2) is 40.3 Å². The number of aromatic nitrogens is 5. The molecule has 1 aromatic carbocycles. The first-order valence-electron chi connectivity index (χ1n) is 7.92. The van der Waals surface area contributed by atoms with E-state index in [2.05, 4.69) is 30.3 Å². The molecule has 0 amide bonds. The molecule has 0 bridgehead atoms. The summed E-state index contributed by atoms with van der Waals surface area (Å²) in [5.41, 5.74) is 13.5. The fraction of sp³-hybridized carbons (Fsp3) is 0.200. The first-order chi connectivity index (χ1) is 13.0. The van der Waals surface area contributed by atoms with Crippen molar-refractivity contribution < 1.29 is 4.21 Å². The maximum Gasteiger partial charge on any atom is 0.206 e. The zero-order chi connectivity index (χ0) is 19.4. The van der Waals surface area contributed by atoms with E-state index in [-0.39, 0.29) is 6.04 Å². The lowest BCUT2D eigenvalue weighted by atomic mass is 10.0. The van der Waals surface area contributed by atoms with Crippen LogP contribution in [-0.4, -0.2) is 42.4 Å². The third-order valence-corrected chi connectivity index (χ3v) is 5.91. The van der Waals surface area contributed by atoms with Gasteiger partial charge in [0.2, 0.25) is 5.82 Å². The molecular formula is C15H19N9OS2. The van der Waals surface area contributed by atoms with E-state index >= 15 is 0 Å². The smallest absolute Gasteiger partial charge is 0.206 e. The Labute approximate surface area is 162 Å². The SMILES string of the molecule is CC(CN)NS(=O)c1ccc(-c2ccc(N)nc2)c(-c2nn[nH]n2)c1SN. The lowest BCUT2D eigenvalue weighted by molar-refractivity contribution is 0.638. The van der Waals surface area contributed by atoms with Gasteiger partial charge in [0.25, 0.3) is 0 Å². The molecule has 10 nitrogen and oxygen atoms in total. The third-order valence-electron chi connectivity index (χ3n) is 3.77. The molecule has 2 aromatic heterocycles. The van der Waals surface area contributed by atoms with Crippen molar-refractivity contribution in [3.8, 4) is 22.5 Å². The van der Waals surface area contributed by atoms with Crippen LogP contribution >= 0.6 is 11.9 Å². The molecule has 0 saturated heterocycles. The highest BCUT2D eigenvalue weighted by atomic mass is 32.2. The molecule has 27 heavy (non-hydrogen) atoms. The Morgan fingerprint density at radius 3 is 2.74 bits per heavy atom.